The van der Waals surface area contributed by atoms with Crippen molar-refractivity contribution in [3.8, 4) is 0 Å². The Morgan fingerprint density at radius 2 is 2.08 bits per heavy atom. The third kappa shape index (κ3) is 4.39. The molecule has 80 valence electrons. The van der Waals surface area contributed by atoms with E-state index in [-0.39, 0.29) is 18.4 Å². The number of hydrogen-bond donors (Lipinski definition) is 0. The van der Waals surface area contributed by atoms with Crippen LogP contribution >= 0.6 is 15.9 Å². The molecule has 0 heterocycles. The molecule has 13 heavy (non-hydrogen) atoms. The third-order valence-electron chi connectivity index (χ3n) is 1.83. The molecule has 0 aromatic rings. The Hall–Kier alpha value is 0.350. The summed E-state index contributed by atoms with van der Waals surface area (Å²) in [4.78, 5) is 0. The number of alkyl halides is 1. The summed E-state index contributed by atoms with van der Waals surface area (Å²) in [6.45, 7) is 2.08. The number of sulfonamides is 1. The minimum Gasteiger partial charge on any atom is -0.384 e. The van der Waals surface area contributed by atoms with E-state index in [1.54, 1.807) is 7.05 Å². The predicted molar refractivity (Wildman–Crippen MR) is 56.7 cm³/mol. The molecular weight excluding hydrogens is 258 g/mol. The Kier molecular flexibility index (Phi) is 6.11. The van der Waals surface area contributed by atoms with Crippen LogP contribution in [0.5, 0.6) is 0 Å². The van der Waals surface area contributed by atoms with Gasteiger partial charge in [0.15, 0.2) is 0 Å². The monoisotopic (exact) mass is 273 g/mol. The van der Waals surface area contributed by atoms with Crippen LogP contribution in [0.3, 0.4) is 0 Å². The van der Waals surface area contributed by atoms with E-state index in [4.69, 9.17) is 4.74 Å². The van der Waals surface area contributed by atoms with Crippen LogP contribution in [0.4, 0.5) is 0 Å². The molecule has 0 saturated heterocycles. The van der Waals surface area contributed by atoms with Crippen molar-refractivity contribution in [2.24, 2.45) is 0 Å². The highest BCUT2D eigenvalue weighted by molar-refractivity contribution is 9.09. The number of ether oxygens (including phenoxy) is 1. The highest BCUT2D eigenvalue weighted by Crippen LogP contribution is 2.06. The van der Waals surface area contributed by atoms with E-state index in [1.165, 1.54) is 11.4 Å². The van der Waals surface area contributed by atoms with Gasteiger partial charge in [0.1, 0.15) is 0 Å². The van der Waals surface area contributed by atoms with Gasteiger partial charge in [-0.25, -0.2) is 12.7 Å². The largest absolute Gasteiger partial charge is 0.384 e. The Morgan fingerprint density at radius 3 is 2.46 bits per heavy atom. The van der Waals surface area contributed by atoms with Gasteiger partial charge in [-0.2, -0.15) is 0 Å². The summed E-state index contributed by atoms with van der Waals surface area (Å²) in [5.74, 6) is 0.0390. The smallest absolute Gasteiger partial charge is 0.216 e. The SMILES string of the molecule is COCCS(=O)(=O)N(C)C(C)CBr. The highest BCUT2D eigenvalue weighted by Gasteiger charge is 2.21. The maximum atomic E-state index is 11.5. The quantitative estimate of drug-likeness (QED) is 0.669. The van der Waals surface area contributed by atoms with Crippen molar-refractivity contribution in [2.75, 3.05) is 31.8 Å². The van der Waals surface area contributed by atoms with E-state index in [0.717, 1.165) is 0 Å². The molecule has 0 spiro atoms. The zero-order chi connectivity index (χ0) is 10.5. The van der Waals surface area contributed by atoms with Gasteiger partial charge in [-0.3, -0.25) is 0 Å². The Bertz CT molecular complexity index is 230. The first-order valence-corrected chi connectivity index (χ1v) is 6.69. The van der Waals surface area contributed by atoms with Gasteiger partial charge < -0.3 is 4.74 Å². The number of methoxy groups -OCH3 is 1. The Morgan fingerprint density at radius 1 is 1.54 bits per heavy atom. The van der Waals surface area contributed by atoms with Gasteiger partial charge in [-0.05, 0) is 6.92 Å². The molecular formula is C7H16BrNO3S. The summed E-state index contributed by atoms with van der Waals surface area (Å²) >= 11 is 3.24. The van der Waals surface area contributed by atoms with Crippen LogP contribution in [0, 0.1) is 0 Å². The van der Waals surface area contributed by atoms with Crippen molar-refractivity contribution < 1.29 is 13.2 Å². The second-order valence-electron chi connectivity index (χ2n) is 2.83. The first kappa shape index (κ1) is 13.4. The zero-order valence-corrected chi connectivity index (χ0v) is 10.6. The van der Waals surface area contributed by atoms with E-state index in [2.05, 4.69) is 15.9 Å². The minimum atomic E-state index is -3.16. The molecule has 0 fully saturated rings. The van der Waals surface area contributed by atoms with Crippen molar-refractivity contribution in [2.45, 2.75) is 13.0 Å². The standard InChI is InChI=1S/C7H16BrNO3S/c1-7(6-8)9(2)13(10,11)5-4-12-3/h7H,4-6H2,1-3H3. The van der Waals surface area contributed by atoms with Crippen LogP contribution in [0.15, 0.2) is 0 Å². The first-order valence-electron chi connectivity index (χ1n) is 3.96. The molecule has 0 bridgehead atoms. The van der Waals surface area contributed by atoms with Crippen molar-refractivity contribution in [3.63, 3.8) is 0 Å². The molecule has 0 N–H and O–H groups in total. The van der Waals surface area contributed by atoms with Gasteiger partial charge in [0.25, 0.3) is 0 Å². The zero-order valence-electron chi connectivity index (χ0n) is 8.16. The number of hydrogen-bond acceptors (Lipinski definition) is 3. The molecule has 4 nitrogen and oxygen atoms in total. The lowest BCUT2D eigenvalue weighted by molar-refractivity contribution is 0.215. The summed E-state index contributed by atoms with van der Waals surface area (Å²) in [6, 6.07) is -0.0261. The fraction of sp³-hybridized carbons (Fsp3) is 1.00. The number of rotatable bonds is 6. The van der Waals surface area contributed by atoms with E-state index in [0.29, 0.717) is 5.33 Å². The molecule has 0 amide bonds. The second kappa shape index (κ2) is 5.95. The summed E-state index contributed by atoms with van der Waals surface area (Å²) in [5, 5.41) is 0.635. The molecule has 1 atom stereocenters. The van der Waals surface area contributed by atoms with Crippen LogP contribution in [0.1, 0.15) is 6.92 Å². The van der Waals surface area contributed by atoms with Gasteiger partial charge in [-0.1, -0.05) is 15.9 Å². The molecule has 0 aromatic carbocycles. The average Bonchev–Trinajstić information content (AvgIpc) is 2.12. The van der Waals surface area contributed by atoms with E-state index in [1.807, 2.05) is 6.92 Å². The van der Waals surface area contributed by atoms with E-state index < -0.39 is 10.0 Å². The summed E-state index contributed by atoms with van der Waals surface area (Å²) < 4.78 is 29.1. The van der Waals surface area contributed by atoms with E-state index in [9.17, 15) is 8.42 Å². The van der Waals surface area contributed by atoms with Crippen LogP contribution < -0.4 is 0 Å². The van der Waals surface area contributed by atoms with Gasteiger partial charge in [-0.15, -0.1) is 0 Å². The molecule has 0 aliphatic rings. The molecule has 0 aliphatic carbocycles. The van der Waals surface area contributed by atoms with Crippen LogP contribution in [0.25, 0.3) is 0 Å². The summed E-state index contributed by atoms with van der Waals surface area (Å²) in [5.41, 5.74) is 0. The molecule has 6 heteroatoms. The van der Waals surface area contributed by atoms with E-state index >= 15 is 0 Å². The topological polar surface area (TPSA) is 46.6 Å². The summed E-state index contributed by atoms with van der Waals surface area (Å²) in [6.07, 6.45) is 0. The molecule has 0 rings (SSSR count). The lowest BCUT2D eigenvalue weighted by Gasteiger charge is -2.22. The average molecular weight is 274 g/mol. The second-order valence-corrected chi connectivity index (χ2v) is 5.62. The molecule has 0 radical (unpaired) electrons. The van der Waals surface area contributed by atoms with Crippen LogP contribution in [0.2, 0.25) is 0 Å². The van der Waals surface area contributed by atoms with Crippen LogP contribution in [-0.4, -0.2) is 50.6 Å². The Balaban J connectivity index is 4.28. The van der Waals surface area contributed by atoms with Gasteiger partial charge >= 0.3 is 0 Å². The normalized spacial score (nSPS) is 14.8. The lowest BCUT2D eigenvalue weighted by Crippen LogP contribution is -2.38. The van der Waals surface area contributed by atoms with Gasteiger partial charge in [0, 0.05) is 25.5 Å². The first-order chi connectivity index (χ1) is 5.95. The number of halogens is 1. The lowest BCUT2D eigenvalue weighted by atomic mass is 10.4. The van der Waals surface area contributed by atoms with Crippen LogP contribution in [-0.2, 0) is 14.8 Å². The molecule has 1 unspecified atom stereocenters. The molecule has 0 saturated carbocycles. The fourth-order valence-electron chi connectivity index (χ4n) is 0.704. The van der Waals surface area contributed by atoms with Crippen molar-refractivity contribution in [3.05, 3.63) is 0 Å². The maximum absolute atomic E-state index is 11.5. The number of nitrogens with zero attached hydrogens (tertiary/aromatic N) is 1. The molecule has 0 aromatic heterocycles. The molecule has 0 aliphatic heterocycles. The predicted octanol–water partition coefficient (Wildman–Crippen LogP) is 0.678. The maximum Gasteiger partial charge on any atom is 0.216 e. The van der Waals surface area contributed by atoms with Gasteiger partial charge in [0.2, 0.25) is 10.0 Å². The van der Waals surface area contributed by atoms with Crippen molar-refractivity contribution >= 4 is 26.0 Å². The van der Waals surface area contributed by atoms with Crippen molar-refractivity contribution in [1.82, 2.24) is 4.31 Å². The Labute approximate surface area is 88.4 Å². The minimum absolute atomic E-state index is 0.0261. The van der Waals surface area contributed by atoms with Crippen molar-refractivity contribution in [1.29, 1.82) is 0 Å². The fourth-order valence-corrected chi connectivity index (χ4v) is 2.62. The summed E-state index contributed by atoms with van der Waals surface area (Å²) in [7, 11) is -0.0856. The third-order valence-corrected chi connectivity index (χ3v) is 4.69. The highest BCUT2D eigenvalue weighted by atomic mass is 79.9. The van der Waals surface area contributed by atoms with Gasteiger partial charge in [0.05, 0.1) is 12.4 Å².